The fourth-order valence-electron chi connectivity index (χ4n) is 0.945. The molecule has 0 atom stereocenters. The molecule has 12 heavy (non-hydrogen) atoms. The molecule has 0 fully saturated rings. The highest BCUT2D eigenvalue weighted by Crippen LogP contribution is 2.25. The Bertz CT molecular complexity index is 315. The second-order valence-electron chi connectivity index (χ2n) is 2.31. The second kappa shape index (κ2) is 4.13. The summed E-state index contributed by atoms with van der Waals surface area (Å²) in [6, 6.07) is 7.69. The molecule has 0 aliphatic rings. The normalized spacial score (nSPS) is 9.08. The summed E-state index contributed by atoms with van der Waals surface area (Å²) in [5, 5.41) is 11.9. The highest BCUT2D eigenvalue weighted by molar-refractivity contribution is 9.10. The molecule has 0 aliphatic heterocycles. The largest absolute Gasteiger partial charge is 0.384 e. The van der Waals surface area contributed by atoms with Crippen LogP contribution >= 0.6 is 15.9 Å². The third-order valence-electron chi connectivity index (χ3n) is 1.49. The zero-order valence-electron chi connectivity index (χ0n) is 6.76. The van der Waals surface area contributed by atoms with E-state index in [1.807, 2.05) is 19.1 Å². The Morgan fingerprint density at radius 3 is 2.92 bits per heavy atom. The van der Waals surface area contributed by atoms with Crippen LogP contribution in [-0.2, 0) is 0 Å². The van der Waals surface area contributed by atoms with Gasteiger partial charge in [-0.25, -0.2) is 0 Å². The maximum atomic E-state index is 8.70. The maximum Gasteiger partial charge on any atom is 0.100 e. The Morgan fingerprint density at radius 1 is 1.58 bits per heavy atom. The van der Waals surface area contributed by atoms with Crippen LogP contribution in [0.2, 0.25) is 0 Å². The van der Waals surface area contributed by atoms with Crippen molar-refractivity contribution in [2.24, 2.45) is 0 Å². The SMILES string of the molecule is CCNc1cccc(C#N)c1Br. The van der Waals surface area contributed by atoms with Crippen LogP contribution in [0.5, 0.6) is 0 Å². The van der Waals surface area contributed by atoms with Gasteiger partial charge in [-0.2, -0.15) is 5.26 Å². The number of hydrogen-bond acceptors (Lipinski definition) is 2. The Balaban J connectivity index is 3.07. The van der Waals surface area contributed by atoms with Crippen molar-refractivity contribution >= 4 is 21.6 Å². The van der Waals surface area contributed by atoms with Crippen LogP contribution in [0.1, 0.15) is 12.5 Å². The van der Waals surface area contributed by atoms with Gasteiger partial charge in [0.25, 0.3) is 0 Å². The predicted molar refractivity (Wildman–Crippen MR) is 53.0 cm³/mol. The van der Waals surface area contributed by atoms with Gasteiger partial charge >= 0.3 is 0 Å². The van der Waals surface area contributed by atoms with E-state index in [4.69, 9.17) is 5.26 Å². The minimum Gasteiger partial charge on any atom is -0.384 e. The molecule has 0 spiro atoms. The molecule has 3 heteroatoms. The molecular weight excluding hydrogens is 216 g/mol. The number of nitriles is 1. The fraction of sp³-hybridized carbons (Fsp3) is 0.222. The first-order valence-electron chi connectivity index (χ1n) is 3.72. The number of hydrogen-bond donors (Lipinski definition) is 1. The maximum absolute atomic E-state index is 8.70. The van der Waals surface area contributed by atoms with Gasteiger partial charge in [0.2, 0.25) is 0 Å². The minimum absolute atomic E-state index is 0.661. The van der Waals surface area contributed by atoms with E-state index in [0.29, 0.717) is 5.56 Å². The molecule has 0 heterocycles. The van der Waals surface area contributed by atoms with Crippen LogP contribution in [0.4, 0.5) is 5.69 Å². The molecule has 62 valence electrons. The van der Waals surface area contributed by atoms with E-state index in [2.05, 4.69) is 27.3 Å². The molecule has 0 saturated carbocycles. The molecule has 1 aromatic carbocycles. The van der Waals surface area contributed by atoms with Gasteiger partial charge in [-0.15, -0.1) is 0 Å². The lowest BCUT2D eigenvalue weighted by Gasteiger charge is -2.05. The zero-order chi connectivity index (χ0) is 8.97. The Hall–Kier alpha value is -1.01. The van der Waals surface area contributed by atoms with E-state index in [0.717, 1.165) is 16.7 Å². The van der Waals surface area contributed by atoms with Gasteiger partial charge in [-0.3, -0.25) is 0 Å². The lowest BCUT2D eigenvalue weighted by Crippen LogP contribution is -1.97. The van der Waals surface area contributed by atoms with Crippen LogP contribution in [0.3, 0.4) is 0 Å². The van der Waals surface area contributed by atoms with Crippen LogP contribution in [-0.4, -0.2) is 6.54 Å². The number of anilines is 1. The molecule has 0 aliphatic carbocycles. The van der Waals surface area contributed by atoms with Crippen molar-refractivity contribution in [3.8, 4) is 6.07 Å². The van der Waals surface area contributed by atoms with E-state index < -0.39 is 0 Å². The molecule has 1 aromatic rings. The predicted octanol–water partition coefficient (Wildman–Crippen LogP) is 2.75. The summed E-state index contributed by atoms with van der Waals surface area (Å²) in [5.74, 6) is 0. The number of benzene rings is 1. The van der Waals surface area contributed by atoms with Gasteiger partial charge < -0.3 is 5.32 Å². The van der Waals surface area contributed by atoms with Crippen LogP contribution < -0.4 is 5.32 Å². The highest BCUT2D eigenvalue weighted by atomic mass is 79.9. The third kappa shape index (κ3) is 1.77. The molecule has 1 N–H and O–H groups in total. The van der Waals surface area contributed by atoms with Crippen LogP contribution in [0.25, 0.3) is 0 Å². The van der Waals surface area contributed by atoms with Gasteiger partial charge in [0.05, 0.1) is 10.0 Å². The molecule has 1 rings (SSSR count). The Kier molecular flexibility index (Phi) is 3.12. The fourth-order valence-corrected chi connectivity index (χ4v) is 1.44. The first-order chi connectivity index (χ1) is 5.79. The number of nitrogens with one attached hydrogen (secondary N) is 1. The van der Waals surface area contributed by atoms with Gasteiger partial charge in [0.15, 0.2) is 0 Å². The van der Waals surface area contributed by atoms with Gasteiger partial charge in [0.1, 0.15) is 6.07 Å². The molecule has 0 aromatic heterocycles. The van der Waals surface area contributed by atoms with E-state index >= 15 is 0 Å². The quantitative estimate of drug-likeness (QED) is 0.839. The van der Waals surface area contributed by atoms with Crippen LogP contribution in [0.15, 0.2) is 22.7 Å². The van der Waals surface area contributed by atoms with Crippen molar-refractivity contribution in [2.45, 2.75) is 6.92 Å². The van der Waals surface area contributed by atoms with Gasteiger partial charge in [-0.1, -0.05) is 6.07 Å². The van der Waals surface area contributed by atoms with E-state index in [1.54, 1.807) is 6.07 Å². The van der Waals surface area contributed by atoms with Crippen LogP contribution in [0, 0.1) is 11.3 Å². The monoisotopic (exact) mass is 224 g/mol. The molecule has 0 radical (unpaired) electrons. The lowest BCUT2D eigenvalue weighted by molar-refractivity contribution is 1.21. The molecular formula is C9H9BrN2. The summed E-state index contributed by atoms with van der Waals surface area (Å²) in [6.45, 7) is 2.87. The first kappa shape index (κ1) is 9.08. The van der Waals surface area contributed by atoms with E-state index in [-0.39, 0.29) is 0 Å². The first-order valence-corrected chi connectivity index (χ1v) is 4.51. The minimum atomic E-state index is 0.661. The lowest BCUT2D eigenvalue weighted by atomic mass is 10.2. The molecule has 2 nitrogen and oxygen atoms in total. The summed E-state index contributed by atoms with van der Waals surface area (Å²) in [5.41, 5.74) is 1.63. The molecule has 0 saturated heterocycles. The topological polar surface area (TPSA) is 35.8 Å². The van der Waals surface area contributed by atoms with Crippen molar-refractivity contribution in [2.75, 3.05) is 11.9 Å². The summed E-state index contributed by atoms with van der Waals surface area (Å²) in [4.78, 5) is 0. The van der Waals surface area contributed by atoms with Crippen molar-refractivity contribution in [1.82, 2.24) is 0 Å². The molecule has 0 unspecified atom stereocenters. The zero-order valence-corrected chi connectivity index (χ0v) is 8.35. The number of nitrogens with zero attached hydrogens (tertiary/aromatic N) is 1. The molecule has 0 bridgehead atoms. The van der Waals surface area contributed by atoms with E-state index in [9.17, 15) is 0 Å². The summed E-state index contributed by atoms with van der Waals surface area (Å²) in [7, 11) is 0. The van der Waals surface area contributed by atoms with E-state index in [1.165, 1.54) is 0 Å². The van der Waals surface area contributed by atoms with Gasteiger partial charge in [-0.05, 0) is 35.0 Å². The smallest absolute Gasteiger partial charge is 0.100 e. The summed E-state index contributed by atoms with van der Waals surface area (Å²) < 4.78 is 0.842. The standard InChI is InChI=1S/C9H9BrN2/c1-2-12-8-5-3-4-7(6-11)9(8)10/h3-5,12H,2H2,1H3. The summed E-state index contributed by atoms with van der Waals surface area (Å²) in [6.07, 6.45) is 0. The van der Waals surface area contributed by atoms with Crippen molar-refractivity contribution in [3.63, 3.8) is 0 Å². The highest BCUT2D eigenvalue weighted by Gasteiger charge is 2.02. The third-order valence-corrected chi connectivity index (χ3v) is 2.34. The molecule has 0 amide bonds. The van der Waals surface area contributed by atoms with Crippen molar-refractivity contribution in [1.29, 1.82) is 5.26 Å². The Labute approximate surface area is 80.3 Å². The number of halogens is 1. The second-order valence-corrected chi connectivity index (χ2v) is 3.10. The van der Waals surface area contributed by atoms with Crippen molar-refractivity contribution < 1.29 is 0 Å². The Morgan fingerprint density at radius 2 is 2.33 bits per heavy atom. The van der Waals surface area contributed by atoms with Gasteiger partial charge in [0, 0.05) is 12.2 Å². The number of rotatable bonds is 2. The van der Waals surface area contributed by atoms with Crippen molar-refractivity contribution in [3.05, 3.63) is 28.2 Å². The summed E-state index contributed by atoms with van der Waals surface area (Å²) >= 11 is 3.36. The average molecular weight is 225 g/mol. The average Bonchev–Trinajstić information content (AvgIpc) is 2.09.